The summed E-state index contributed by atoms with van der Waals surface area (Å²) >= 11 is 0. The molecule has 0 unspecified atom stereocenters. The molecule has 0 bridgehead atoms. The molecule has 1 N–H and O–H groups in total. The number of aryl methyl sites for hydroxylation is 2. The lowest BCUT2D eigenvalue weighted by Gasteiger charge is -2.10. The third kappa shape index (κ3) is 4.87. The highest BCUT2D eigenvalue weighted by atomic mass is 16.5. The van der Waals surface area contributed by atoms with E-state index in [2.05, 4.69) is 5.32 Å². The highest BCUT2D eigenvalue weighted by molar-refractivity contribution is 5.77. The molecule has 0 aromatic heterocycles. The van der Waals surface area contributed by atoms with Crippen LogP contribution in [0.5, 0.6) is 5.75 Å². The summed E-state index contributed by atoms with van der Waals surface area (Å²) in [5, 5.41) is 2.70. The SMILES string of the molecule is COCCNC(=O)COc1cc(C)ccc1C. The summed E-state index contributed by atoms with van der Waals surface area (Å²) in [6, 6.07) is 5.92. The fourth-order valence-corrected chi connectivity index (χ4v) is 1.35. The second-order valence-corrected chi connectivity index (χ2v) is 3.90. The molecular weight excluding hydrogens is 218 g/mol. The van der Waals surface area contributed by atoms with Gasteiger partial charge in [-0.3, -0.25) is 4.79 Å². The molecule has 4 heteroatoms. The van der Waals surface area contributed by atoms with Gasteiger partial charge in [0.05, 0.1) is 6.61 Å². The highest BCUT2D eigenvalue weighted by Gasteiger charge is 2.04. The summed E-state index contributed by atoms with van der Waals surface area (Å²) < 4.78 is 10.3. The first-order valence-corrected chi connectivity index (χ1v) is 5.59. The van der Waals surface area contributed by atoms with E-state index in [1.165, 1.54) is 0 Å². The van der Waals surface area contributed by atoms with Crippen LogP contribution in [0.1, 0.15) is 11.1 Å². The summed E-state index contributed by atoms with van der Waals surface area (Å²) in [7, 11) is 1.60. The number of carbonyl (C=O) groups is 1. The highest BCUT2D eigenvalue weighted by Crippen LogP contribution is 2.18. The van der Waals surface area contributed by atoms with Crippen LogP contribution in [0.4, 0.5) is 0 Å². The third-order valence-electron chi connectivity index (χ3n) is 2.33. The van der Waals surface area contributed by atoms with Gasteiger partial charge in [0.2, 0.25) is 0 Å². The topological polar surface area (TPSA) is 47.6 Å². The van der Waals surface area contributed by atoms with Crippen LogP contribution in [-0.4, -0.2) is 32.8 Å². The molecule has 0 fully saturated rings. The molecule has 17 heavy (non-hydrogen) atoms. The van der Waals surface area contributed by atoms with Crippen molar-refractivity contribution >= 4 is 5.91 Å². The lowest BCUT2D eigenvalue weighted by Crippen LogP contribution is -2.31. The van der Waals surface area contributed by atoms with Crippen LogP contribution >= 0.6 is 0 Å². The molecule has 1 rings (SSSR count). The lowest BCUT2D eigenvalue weighted by atomic mass is 10.1. The Morgan fingerprint density at radius 3 is 2.82 bits per heavy atom. The van der Waals surface area contributed by atoms with E-state index >= 15 is 0 Å². The number of hydrogen-bond acceptors (Lipinski definition) is 3. The Labute approximate surface area is 102 Å². The first kappa shape index (κ1) is 13.5. The Bertz CT molecular complexity index is 377. The second-order valence-electron chi connectivity index (χ2n) is 3.90. The summed E-state index contributed by atoms with van der Waals surface area (Å²) in [5.74, 6) is 0.620. The maximum atomic E-state index is 11.4. The van der Waals surface area contributed by atoms with E-state index in [9.17, 15) is 4.79 Å². The second kappa shape index (κ2) is 6.91. The normalized spacial score (nSPS) is 10.1. The fraction of sp³-hybridized carbons (Fsp3) is 0.462. The van der Waals surface area contributed by atoms with E-state index in [0.29, 0.717) is 13.2 Å². The number of benzene rings is 1. The lowest BCUT2D eigenvalue weighted by molar-refractivity contribution is -0.123. The Kier molecular flexibility index (Phi) is 5.49. The molecule has 0 atom stereocenters. The van der Waals surface area contributed by atoms with Gasteiger partial charge in [0.25, 0.3) is 5.91 Å². The first-order chi connectivity index (χ1) is 8.13. The zero-order valence-corrected chi connectivity index (χ0v) is 10.6. The molecule has 0 aliphatic carbocycles. The Morgan fingerprint density at radius 2 is 2.12 bits per heavy atom. The molecule has 1 amide bonds. The number of nitrogens with one attached hydrogen (secondary N) is 1. The van der Waals surface area contributed by atoms with Crippen molar-refractivity contribution in [3.05, 3.63) is 29.3 Å². The number of carbonyl (C=O) groups excluding carboxylic acids is 1. The summed E-state index contributed by atoms with van der Waals surface area (Å²) in [5.41, 5.74) is 2.14. The quantitative estimate of drug-likeness (QED) is 0.762. The molecule has 0 saturated carbocycles. The minimum absolute atomic E-state index is 0.0357. The fourth-order valence-electron chi connectivity index (χ4n) is 1.35. The van der Waals surface area contributed by atoms with E-state index in [1.807, 2.05) is 32.0 Å². The van der Waals surface area contributed by atoms with E-state index in [4.69, 9.17) is 9.47 Å². The van der Waals surface area contributed by atoms with Gasteiger partial charge in [0.15, 0.2) is 6.61 Å². The molecule has 0 saturated heterocycles. The molecule has 4 nitrogen and oxygen atoms in total. The molecule has 0 aliphatic heterocycles. The van der Waals surface area contributed by atoms with E-state index in [1.54, 1.807) is 7.11 Å². The van der Waals surface area contributed by atoms with E-state index in [-0.39, 0.29) is 12.5 Å². The van der Waals surface area contributed by atoms with Crippen LogP contribution in [0, 0.1) is 13.8 Å². The monoisotopic (exact) mass is 237 g/mol. The van der Waals surface area contributed by atoms with Gasteiger partial charge in [0.1, 0.15) is 5.75 Å². The standard InChI is InChI=1S/C13H19NO3/c1-10-4-5-11(2)12(8-10)17-9-13(15)14-6-7-16-3/h4-5,8H,6-7,9H2,1-3H3,(H,14,15). The maximum absolute atomic E-state index is 11.4. The summed E-state index contributed by atoms with van der Waals surface area (Å²) in [6.07, 6.45) is 0. The maximum Gasteiger partial charge on any atom is 0.258 e. The van der Waals surface area contributed by atoms with Crippen molar-refractivity contribution in [2.45, 2.75) is 13.8 Å². The van der Waals surface area contributed by atoms with Gasteiger partial charge in [0, 0.05) is 13.7 Å². The van der Waals surface area contributed by atoms with Gasteiger partial charge in [-0.2, -0.15) is 0 Å². The van der Waals surface area contributed by atoms with Gasteiger partial charge < -0.3 is 14.8 Å². The zero-order chi connectivity index (χ0) is 12.7. The molecule has 0 spiro atoms. The predicted octanol–water partition coefficient (Wildman–Crippen LogP) is 1.44. The molecular formula is C13H19NO3. The number of methoxy groups -OCH3 is 1. The van der Waals surface area contributed by atoms with Crippen molar-refractivity contribution in [1.82, 2.24) is 5.32 Å². The molecule has 0 heterocycles. The Balaban J connectivity index is 2.39. The van der Waals surface area contributed by atoms with Gasteiger partial charge in [-0.25, -0.2) is 0 Å². The Morgan fingerprint density at radius 1 is 1.35 bits per heavy atom. The molecule has 0 aliphatic rings. The van der Waals surface area contributed by atoms with Crippen LogP contribution in [0.3, 0.4) is 0 Å². The minimum atomic E-state index is -0.136. The van der Waals surface area contributed by atoms with Gasteiger partial charge in [-0.15, -0.1) is 0 Å². The first-order valence-electron chi connectivity index (χ1n) is 5.59. The number of rotatable bonds is 6. The van der Waals surface area contributed by atoms with Gasteiger partial charge in [-0.05, 0) is 31.0 Å². The van der Waals surface area contributed by atoms with E-state index in [0.717, 1.165) is 16.9 Å². The minimum Gasteiger partial charge on any atom is -0.483 e. The van der Waals surface area contributed by atoms with Crippen molar-refractivity contribution in [2.24, 2.45) is 0 Å². The third-order valence-corrected chi connectivity index (χ3v) is 2.33. The van der Waals surface area contributed by atoms with Gasteiger partial charge >= 0.3 is 0 Å². The van der Waals surface area contributed by atoms with Crippen molar-refractivity contribution in [2.75, 3.05) is 26.9 Å². The Hall–Kier alpha value is -1.55. The van der Waals surface area contributed by atoms with Crippen LogP contribution in [0.15, 0.2) is 18.2 Å². The number of amides is 1. The van der Waals surface area contributed by atoms with Crippen molar-refractivity contribution in [3.63, 3.8) is 0 Å². The van der Waals surface area contributed by atoms with Crippen LogP contribution in [-0.2, 0) is 9.53 Å². The van der Waals surface area contributed by atoms with E-state index < -0.39 is 0 Å². The average molecular weight is 237 g/mol. The van der Waals surface area contributed by atoms with Gasteiger partial charge in [-0.1, -0.05) is 12.1 Å². The molecule has 1 aromatic carbocycles. The van der Waals surface area contributed by atoms with Crippen molar-refractivity contribution < 1.29 is 14.3 Å². The molecule has 94 valence electrons. The smallest absolute Gasteiger partial charge is 0.258 e. The summed E-state index contributed by atoms with van der Waals surface area (Å²) in [4.78, 5) is 11.4. The summed E-state index contributed by atoms with van der Waals surface area (Å²) in [6.45, 7) is 5.00. The predicted molar refractivity (Wildman–Crippen MR) is 66.3 cm³/mol. The van der Waals surface area contributed by atoms with Crippen molar-refractivity contribution in [1.29, 1.82) is 0 Å². The van der Waals surface area contributed by atoms with Crippen LogP contribution < -0.4 is 10.1 Å². The average Bonchev–Trinajstić information content (AvgIpc) is 2.31. The van der Waals surface area contributed by atoms with Crippen LogP contribution in [0.2, 0.25) is 0 Å². The molecule has 1 aromatic rings. The molecule has 0 radical (unpaired) electrons. The number of ether oxygens (including phenoxy) is 2. The largest absolute Gasteiger partial charge is 0.483 e. The van der Waals surface area contributed by atoms with Crippen LogP contribution in [0.25, 0.3) is 0 Å². The zero-order valence-electron chi connectivity index (χ0n) is 10.6. The van der Waals surface area contributed by atoms with Crippen molar-refractivity contribution in [3.8, 4) is 5.75 Å². The number of hydrogen-bond donors (Lipinski definition) is 1.